The normalized spacial score (nSPS) is 10.8. The summed E-state index contributed by atoms with van der Waals surface area (Å²) in [6.07, 6.45) is -2.49. The van der Waals surface area contributed by atoms with Crippen LogP contribution in [0.1, 0.15) is 6.92 Å². The number of hydrogen-bond donors (Lipinski definition) is 2. The molecule has 0 aliphatic heterocycles. The van der Waals surface area contributed by atoms with Crippen LogP contribution in [-0.4, -0.2) is 32.8 Å². The van der Waals surface area contributed by atoms with Gasteiger partial charge in [-0.1, -0.05) is 0 Å². The molecular weight excluding hydrogens is 261 g/mol. The van der Waals surface area contributed by atoms with Gasteiger partial charge in [-0.3, -0.25) is 0 Å². The van der Waals surface area contributed by atoms with E-state index >= 15 is 0 Å². The van der Waals surface area contributed by atoms with Gasteiger partial charge in [-0.25, -0.2) is 13.2 Å². The quantitative estimate of drug-likeness (QED) is 0.566. The predicted octanol–water partition coefficient (Wildman–Crippen LogP) is 2.50. The van der Waals surface area contributed by atoms with Crippen LogP contribution in [0.2, 0.25) is 0 Å². The second-order valence-electron chi connectivity index (χ2n) is 3.70. The van der Waals surface area contributed by atoms with Crippen LogP contribution < -0.4 is 15.8 Å². The van der Waals surface area contributed by atoms with Gasteiger partial charge in [0.15, 0.2) is 11.6 Å². The highest BCUT2D eigenvalue weighted by Crippen LogP contribution is 2.28. The third-order valence-electron chi connectivity index (χ3n) is 2.21. The van der Waals surface area contributed by atoms with E-state index in [0.29, 0.717) is 12.3 Å². The van der Waals surface area contributed by atoms with Crippen LogP contribution in [0.5, 0.6) is 5.75 Å². The topological polar surface area (TPSA) is 56.5 Å². The van der Waals surface area contributed by atoms with E-state index in [1.54, 1.807) is 6.92 Å². The minimum Gasteiger partial charge on any atom is -0.491 e. The van der Waals surface area contributed by atoms with E-state index in [2.05, 4.69) is 5.32 Å². The van der Waals surface area contributed by atoms with Crippen molar-refractivity contribution in [3.05, 3.63) is 17.9 Å². The molecule has 0 radical (unpaired) electrons. The second kappa shape index (κ2) is 7.73. The van der Waals surface area contributed by atoms with Crippen LogP contribution >= 0.6 is 0 Å². The van der Waals surface area contributed by atoms with Crippen molar-refractivity contribution in [1.29, 1.82) is 0 Å². The Labute approximate surface area is 109 Å². The van der Waals surface area contributed by atoms with Crippen molar-refractivity contribution in [2.75, 3.05) is 37.4 Å². The highest BCUT2D eigenvalue weighted by atomic mass is 19.3. The third kappa shape index (κ3) is 5.25. The summed E-state index contributed by atoms with van der Waals surface area (Å²) < 4.78 is 46.8. The standard InChI is InChI=1S/C12H17F3N2O2/c1-2-19-11-6-10(9(16)5-8(11)13)17-3-4-18-7-12(14)15/h5-6,12,17H,2-4,7,16H2,1H3. The number of benzene rings is 1. The number of nitrogens with two attached hydrogens (primary N) is 1. The molecule has 0 heterocycles. The number of nitrogen functional groups attached to an aromatic ring is 1. The van der Waals surface area contributed by atoms with Gasteiger partial charge in [0.1, 0.15) is 6.61 Å². The van der Waals surface area contributed by atoms with Gasteiger partial charge in [-0.05, 0) is 6.92 Å². The number of hydrogen-bond acceptors (Lipinski definition) is 4. The van der Waals surface area contributed by atoms with Gasteiger partial charge in [0, 0.05) is 18.7 Å². The van der Waals surface area contributed by atoms with Gasteiger partial charge >= 0.3 is 0 Å². The van der Waals surface area contributed by atoms with Gasteiger partial charge in [0.05, 0.1) is 24.6 Å². The molecule has 1 rings (SSSR count). The Hall–Kier alpha value is -1.63. The van der Waals surface area contributed by atoms with Gasteiger partial charge in [0.25, 0.3) is 6.43 Å². The van der Waals surface area contributed by atoms with Crippen molar-refractivity contribution in [2.24, 2.45) is 0 Å². The summed E-state index contributed by atoms with van der Waals surface area (Å²) in [7, 11) is 0. The van der Waals surface area contributed by atoms with Crippen molar-refractivity contribution < 1.29 is 22.6 Å². The Morgan fingerprint density at radius 3 is 2.74 bits per heavy atom. The number of halogens is 3. The van der Waals surface area contributed by atoms with Crippen molar-refractivity contribution in [2.45, 2.75) is 13.3 Å². The molecule has 0 bridgehead atoms. The van der Waals surface area contributed by atoms with Crippen LogP contribution in [0, 0.1) is 5.82 Å². The molecule has 4 nitrogen and oxygen atoms in total. The average Bonchev–Trinajstić information content (AvgIpc) is 2.33. The molecule has 3 N–H and O–H groups in total. The van der Waals surface area contributed by atoms with Gasteiger partial charge in [0.2, 0.25) is 0 Å². The first kappa shape index (κ1) is 15.4. The van der Waals surface area contributed by atoms with E-state index < -0.39 is 18.8 Å². The lowest BCUT2D eigenvalue weighted by Gasteiger charge is -2.12. The maximum absolute atomic E-state index is 13.4. The largest absolute Gasteiger partial charge is 0.491 e. The van der Waals surface area contributed by atoms with E-state index in [9.17, 15) is 13.2 Å². The maximum atomic E-state index is 13.4. The van der Waals surface area contributed by atoms with Crippen molar-refractivity contribution >= 4 is 11.4 Å². The molecule has 19 heavy (non-hydrogen) atoms. The molecular formula is C12H17F3N2O2. The van der Waals surface area contributed by atoms with Crippen molar-refractivity contribution in [3.63, 3.8) is 0 Å². The molecule has 0 saturated heterocycles. The molecule has 108 valence electrons. The summed E-state index contributed by atoms with van der Waals surface area (Å²) in [6, 6.07) is 2.58. The molecule has 0 aliphatic carbocycles. The minimum absolute atomic E-state index is 0.0905. The molecule has 0 spiro atoms. The third-order valence-corrected chi connectivity index (χ3v) is 2.21. The molecule has 7 heteroatoms. The SMILES string of the molecule is CCOc1cc(NCCOCC(F)F)c(N)cc1F. The number of ether oxygens (including phenoxy) is 2. The Morgan fingerprint density at radius 2 is 2.11 bits per heavy atom. The van der Waals surface area contributed by atoms with Gasteiger partial charge in [-0.2, -0.15) is 0 Å². The summed E-state index contributed by atoms with van der Waals surface area (Å²) >= 11 is 0. The molecule has 0 saturated carbocycles. The summed E-state index contributed by atoms with van der Waals surface area (Å²) in [5, 5.41) is 2.87. The van der Waals surface area contributed by atoms with E-state index in [0.717, 1.165) is 6.07 Å². The number of rotatable bonds is 8. The summed E-state index contributed by atoms with van der Waals surface area (Å²) in [5.41, 5.74) is 6.33. The molecule has 0 unspecified atom stereocenters. The number of anilines is 2. The number of alkyl halides is 2. The van der Waals surface area contributed by atoms with Gasteiger partial charge < -0.3 is 20.5 Å². The first-order chi connectivity index (χ1) is 9.04. The van der Waals surface area contributed by atoms with Crippen LogP contribution in [0.15, 0.2) is 12.1 Å². The zero-order valence-electron chi connectivity index (χ0n) is 10.6. The lowest BCUT2D eigenvalue weighted by molar-refractivity contribution is 0.0215. The molecule has 0 amide bonds. The van der Waals surface area contributed by atoms with E-state index in [1.807, 2.05) is 0 Å². The fraction of sp³-hybridized carbons (Fsp3) is 0.500. The monoisotopic (exact) mass is 278 g/mol. The average molecular weight is 278 g/mol. The van der Waals surface area contributed by atoms with Gasteiger partial charge in [-0.15, -0.1) is 0 Å². The lowest BCUT2D eigenvalue weighted by Crippen LogP contribution is -2.14. The Balaban J connectivity index is 2.50. The van der Waals surface area contributed by atoms with E-state index in [1.165, 1.54) is 6.07 Å². The maximum Gasteiger partial charge on any atom is 0.261 e. The molecule has 0 aromatic heterocycles. The second-order valence-corrected chi connectivity index (χ2v) is 3.70. The van der Waals surface area contributed by atoms with Crippen molar-refractivity contribution in [3.8, 4) is 5.75 Å². The highest BCUT2D eigenvalue weighted by molar-refractivity contribution is 5.68. The lowest BCUT2D eigenvalue weighted by atomic mass is 10.2. The summed E-state index contributed by atoms with van der Waals surface area (Å²) in [6.45, 7) is 1.85. The smallest absolute Gasteiger partial charge is 0.261 e. The summed E-state index contributed by atoms with van der Waals surface area (Å²) in [4.78, 5) is 0. The fourth-order valence-corrected chi connectivity index (χ4v) is 1.42. The van der Waals surface area contributed by atoms with Crippen LogP contribution in [0.4, 0.5) is 24.5 Å². The molecule has 0 aliphatic rings. The zero-order valence-corrected chi connectivity index (χ0v) is 10.6. The predicted molar refractivity (Wildman–Crippen MR) is 67.3 cm³/mol. The minimum atomic E-state index is -2.49. The molecule has 1 aromatic carbocycles. The Kier molecular flexibility index (Phi) is 6.27. The number of nitrogens with one attached hydrogen (secondary N) is 1. The first-order valence-corrected chi connectivity index (χ1v) is 5.86. The Morgan fingerprint density at radius 1 is 1.37 bits per heavy atom. The fourth-order valence-electron chi connectivity index (χ4n) is 1.42. The zero-order chi connectivity index (χ0) is 14.3. The van der Waals surface area contributed by atoms with Crippen LogP contribution in [0.25, 0.3) is 0 Å². The first-order valence-electron chi connectivity index (χ1n) is 5.86. The van der Waals surface area contributed by atoms with Crippen LogP contribution in [-0.2, 0) is 4.74 Å². The molecule has 0 fully saturated rings. The van der Waals surface area contributed by atoms with Crippen LogP contribution in [0.3, 0.4) is 0 Å². The van der Waals surface area contributed by atoms with E-state index in [-0.39, 0.29) is 24.6 Å². The van der Waals surface area contributed by atoms with Crippen molar-refractivity contribution in [1.82, 2.24) is 0 Å². The molecule has 0 atom stereocenters. The summed E-state index contributed by atoms with van der Waals surface area (Å²) in [5.74, 6) is -0.452. The molecule has 1 aromatic rings. The van der Waals surface area contributed by atoms with E-state index in [4.69, 9.17) is 15.2 Å². The Bertz CT molecular complexity index is 403. The highest BCUT2D eigenvalue weighted by Gasteiger charge is 2.08.